The third-order valence-corrected chi connectivity index (χ3v) is 3.06. The highest BCUT2D eigenvalue weighted by molar-refractivity contribution is 5.98. The summed E-state index contributed by atoms with van der Waals surface area (Å²) in [4.78, 5) is 15.7. The number of carbonyl (C=O) groups is 1. The number of aromatic nitrogens is 1. The second kappa shape index (κ2) is 6.68. The van der Waals surface area contributed by atoms with Crippen LogP contribution in [0.5, 0.6) is 11.5 Å². The van der Waals surface area contributed by atoms with Crippen molar-refractivity contribution in [1.29, 1.82) is 0 Å². The van der Waals surface area contributed by atoms with E-state index in [9.17, 15) is 18.0 Å². The number of nitrogens with zero attached hydrogens (tertiary/aromatic N) is 1. The molecule has 0 fully saturated rings. The maximum Gasteiger partial charge on any atom is 0.422 e. The second-order valence-electron chi connectivity index (χ2n) is 4.75. The van der Waals surface area contributed by atoms with Gasteiger partial charge in [-0.3, -0.25) is 9.78 Å². The maximum absolute atomic E-state index is 12.3. The smallest absolute Gasteiger partial charge is 0.422 e. The van der Waals surface area contributed by atoms with E-state index in [-0.39, 0.29) is 11.3 Å². The van der Waals surface area contributed by atoms with E-state index in [1.165, 1.54) is 26.2 Å². The third kappa shape index (κ3) is 4.21. The van der Waals surface area contributed by atoms with Crippen molar-refractivity contribution in [2.45, 2.75) is 13.1 Å². The van der Waals surface area contributed by atoms with E-state index in [2.05, 4.69) is 4.98 Å². The van der Waals surface area contributed by atoms with Crippen LogP contribution >= 0.6 is 0 Å². The SMILES string of the molecule is COc1ccncc1-c1ccc(OCC(F)(F)F)c(C(C)=O)c1. The molecule has 0 N–H and O–H groups in total. The highest BCUT2D eigenvalue weighted by Gasteiger charge is 2.29. The molecule has 0 radical (unpaired) electrons. The molecule has 0 aliphatic rings. The number of hydrogen-bond donors (Lipinski definition) is 0. The zero-order valence-electron chi connectivity index (χ0n) is 12.5. The van der Waals surface area contributed by atoms with Crippen LogP contribution in [0.1, 0.15) is 17.3 Å². The molecule has 0 amide bonds. The Morgan fingerprint density at radius 2 is 1.96 bits per heavy atom. The Morgan fingerprint density at radius 3 is 2.57 bits per heavy atom. The first kappa shape index (κ1) is 16.8. The third-order valence-electron chi connectivity index (χ3n) is 3.06. The van der Waals surface area contributed by atoms with Gasteiger partial charge in [-0.15, -0.1) is 0 Å². The number of halogens is 3. The highest BCUT2D eigenvalue weighted by Crippen LogP contribution is 2.33. The monoisotopic (exact) mass is 325 g/mol. The number of alkyl halides is 3. The summed E-state index contributed by atoms with van der Waals surface area (Å²) in [6, 6.07) is 6.01. The van der Waals surface area contributed by atoms with E-state index in [1.807, 2.05) is 0 Å². The summed E-state index contributed by atoms with van der Waals surface area (Å²) in [5.74, 6) is 0.0341. The van der Waals surface area contributed by atoms with Gasteiger partial charge in [0.15, 0.2) is 12.4 Å². The molecule has 2 aromatic rings. The molecule has 122 valence electrons. The van der Waals surface area contributed by atoms with Gasteiger partial charge in [-0.05, 0) is 30.7 Å². The minimum Gasteiger partial charge on any atom is -0.496 e. The Morgan fingerprint density at radius 1 is 1.22 bits per heavy atom. The van der Waals surface area contributed by atoms with Crippen molar-refractivity contribution in [2.24, 2.45) is 0 Å². The van der Waals surface area contributed by atoms with Gasteiger partial charge in [-0.2, -0.15) is 13.2 Å². The number of benzene rings is 1. The van der Waals surface area contributed by atoms with Crippen LogP contribution in [0.25, 0.3) is 11.1 Å². The van der Waals surface area contributed by atoms with Gasteiger partial charge in [0, 0.05) is 18.0 Å². The van der Waals surface area contributed by atoms with E-state index in [0.29, 0.717) is 16.9 Å². The van der Waals surface area contributed by atoms with Crippen molar-refractivity contribution in [3.05, 3.63) is 42.2 Å². The van der Waals surface area contributed by atoms with Crippen LogP contribution in [0.4, 0.5) is 13.2 Å². The number of hydrogen-bond acceptors (Lipinski definition) is 4. The first-order valence-corrected chi connectivity index (χ1v) is 6.64. The van der Waals surface area contributed by atoms with Crippen LogP contribution in [0.2, 0.25) is 0 Å². The molecular formula is C16H14F3NO3. The summed E-state index contributed by atoms with van der Waals surface area (Å²) in [7, 11) is 1.49. The van der Waals surface area contributed by atoms with Gasteiger partial charge in [0.25, 0.3) is 0 Å². The molecule has 0 aliphatic heterocycles. The van der Waals surface area contributed by atoms with Crippen LogP contribution in [-0.4, -0.2) is 30.7 Å². The van der Waals surface area contributed by atoms with E-state index in [1.54, 1.807) is 24.5 Å². The maximum atomic E-state index is 12.3. The molecule has 0 atom stereocenters. The minimum absolute atomic E-state index is 0.0673. The van der Waals surface area contributed by atoms with Gasteiger partial charge in [0.2, 0.25) is 0 Å². The van der Waals surface area contributed by atoms with Crippen LogP contribution in [0.3, 0.4) is 0 Å². The molecule has 7 heteroatoms. The number of ketones is 1. The first-order chi connectivity index (χ1) is 10.8. The number of pyridine rings is 1. The molecular weight excluding hydrogens is 311 g/mol. The first-order valence-electron chi connectivity index (χ1n) is 6.64. The van der Waals surface area contributed by atoms with Crippen molar-refractivity contribution in [3.8, 4) is 22.6 Å². The second-order valence-corrected chi connectivity index (χ2v) is 4.75. The summed E-state index contributed by atoms with van der Waals surface area (Å²) in [6.07, 6.45) is -1.37. The lowest BCUT2D eigenvalue weighted by molar-refractivity contribution is -0.153. The molecule has 1 heterocycles. The molecule has 0 unspecified atom stereocenters. The Hall–Kier alpha value is -2.57. The summed E-state index contributed by atoms with van der Waals surface area (Å²) in [6.45, 7) is -0.192. The normalized spacial score (nSPS) is 11.2. The Balaban J connectivity index is 2.41. The summed E-state index contributed by atoms with van der Waals surface area (Å²) < 4.78 is 46.8. The van der Waals surface area contributed by atoms with Crippen molar-refractivity contribution in [2.75, 3.05) is 13.7 Å². The van der Waals surface area contributed by atoms with Crippen molar-refractivity contribution < 1.29 is 27.4 Å². The van der Waals surface area contributed by atoms with Crippen molar-refractivity contribution in [1.82, 2.24) is 4.98 Å². The predicted molar refractivity (Wildman–Crippen MR) is 77.8 cm³/mol. The fourth-order valence-corrected chi connectivity index (χ4v) is 2.03. The number of carbonyl (C=O) groups excluding carboxylic acids is 1. The van der Waals surface area contributed by atoms with E-state index in [4.69, 9.17) is 9.47 Å². The Labute approximate surface area is 130 Å². The lowest BCUT2D eigenvalue weighted by Gasteiger charge is -2.14. The topological polar surface area (TPSA) is 48.4 Å². The van der Waals surface area contributed by atoms with Gasteiger partial charge >= 0.3 is 6.18 Å². The minimum atomic E-state index is -4.47. The quantitative estimate of drug-likeness (QED) is 0.782. The van der Waals surface area contributed by atoms with Gasteiger partial charge in [0.05, 0.1) is 12.7 Å². The van der Waals surface area contributed by atoms with Gasteiger partial charge in [-0.25, -0.2) is 0 Å². The fraction of sp³-hybridized carbons (Fsp3) is 0.250. The molecule has 0 saturated carbocycles. The molecule has 0 saturated heterocycles. The molecule has 1 aromatic heterocycles. The Kier molecular flexibility index (Phi) is 4.88. The lowest BCUT2D eigenvalue weighted by Crippen LogP contribution is -2.20. The molecule has 2 rings (SSSR count). The van der Waals surface area contributed by atoms with Gasteiger partial charge in [-0.1, -0.05) is 6.07 Å². The average molecular weight is 325 g/mol. The summed E-state index contributed by atoms with van der Waals surface area (Å²) in [5, 5.41) is 0. The zero-order chi connectivity index (χ0) is 17.0. The molecule has 0 aliphatic carbocycles. The zero-order valence-corrected chi connectivity index (χ0v) is 12.5. The van der Waals surface area contributed by atoms with Crippen molar-refractivity contribution >= 4 is 5.78 Å². The van der Waals surface area contributed by atoms with Crippen LogP contribution in [-0.2, 0) is 0 Å². The fourth-order valence-electron chi connectivity index (χ4n) is 2.03. The molecule has 0 spiro atoms. The average Bonchev–Trinajstić information content (AvgIpc) is 2.52. The lowest BCUT2D eigenvalue weighted by atomic mass is 10.0. The predicted octanol–water partition coefficient (Wildman–Crippen LogP) is 3.90. The van der Waals surface area contributed by atoms with Gasteiger partial charge in [0.1, 0.15) is 11.5 Å². The largest absolute Gasteiger partial charge is 0.496 e. The van der Waals surface area contributed by atoms with Crippen LogP contribution in [0, 0.1) is 0 Å². The van der Waals surface area contributed by atoms with Crippen LogP contribution in [0.15, 0.2) is 36.7 Å². The van der Waals surface area contributed by atoms with Crippen molar-refractivity contribution in [3.63, 3.8) is 0 Å². The molecule has 1 aromatic carbocycles. The van der Waals surface area contributed by atoms with E-state index >= 15 is 0 Å². The summed E-state index contributed by atoms with van der Waals surface area (Å²) in [5.41, 5.74) is 1.29. The summed E-state index contributed by atoms with van der Waals surface area (Å²) >= 11 is 0. The van der Waals surface area contributed by atoms with Gasteiger partial charge < -0.3 is 9.47 Å². The number of rotatable bonds is 5. The highest BCUT2D eigenvalue weighted by atomic mass is 19.4. The Bertz CT molecular complexity index is 714. The molecule has 4 nitrogen and oxygen atoms in total. The van der Waals surface area contributed by atoms with E-state index in [0.717, 1.165) is 0 Å². The van der Waals surface area contributed by atoms with Crippen LogP contribution < -0.4 is 9.47 Å². The molecule has 23 heavy (non-hydrogen) atoms. The van der Waals surface area contributed by atoms with E-state index < -0.39 is 18.6 Å². The standard InChI is InChI=1S/C16H14F3NO3/c1-10(21)12-7-11(13-8-20-6-5-14(13)22-2)3-4-15(12)23-9-16(17,18)19/h3-8H,9H2,1-2H3. The number of Topliss-reactive ketones (excluding diaryl/α,β-unsaturated/α-hetero) is 1. The number of ether oxygens (including phenoxy) is 2. The number of methoxy groups -OCH3 is 1. The molecule has 0 bridgehead atoms.